The molecule has 0 spiro atoms. The highest BCUT2D eigenvalue weighted by molar-refractivity contribution is 6.18. The van der Waals surface area contributed by atoms with Crippen LogP contribution in [-0.2, 0) is 11.3 Å². The van der Waals surface area contributed by atoms with Crippen LogP contribution in [0.4, 0.5) is 0 Å². The molecule has 1 aromatic carbocycles. The average molecular weight is 228 g/mol. The van der Waals surface area contributed by atoms with Crippen molar-refractivity contribution in [2.45, 2.75) is 19.5 Å². The molecule has 0 saturated heterocycles. The second-order valence-corrected chi connectivity index (χ2v) is 3.92. The van der Waals surface area contributed by atoms with Gasteiger partial charge in [-0.25, -0.2) is 0 Å². The molecule has 15 heavy (non-hydrogen) atoms. The van der Waals surface area contributed by atoms with Crippen molar-refractivity contribution in [2.24, 2.45) is 0 Å². The van der Waals surface area contributed by atoms with E-state index in [0.717, 1.165) is 6.54 Å². The highest BCUT2D eigenvalue weighted by Crippen LogP contribution is 2.06. The number of aryl methyl sites for hydroxylation is 1. The van der Waals surface area contributed by atoms with E-state index in [1.165, 1.54) is 11.1 Å². The summed E-state index contributed by atoms with van der Waals surface area (Å²) in [6.45, 7) is 3.60. The molecule has 3 heteroatoms. The van der Waals surface area contributed by atoms with Crippen LogP contribution < -0.4 is 5.32 Å². The minimum absolute atomic E-state index is 0.219. The molecule has 0 fully saturated rings. The highest BCUT2D eigenvalue weighted by atomic mass is 35.5. The van der Waals surface area contributed by atoms with Crippen molar-refractivity contribution in [1.29, 1.82) is 0 Å². The zero-order valence-corrected chi connectivity index (χ0v) is 10.1. The van der Waals surface area contributed by atoms with Crippen molar-refractivity contribution < 1.29 is 4.74 Å². The zero-order chi connectivity index (χ0) is 11.1. The molecule has 0 amide bonds. The van der Waals surface area contributed by atoms with E-state index >= 15 is 0 Å². The minimum atomic E-state index is 0.219. The molecule has 0 radical (unpaired) electrons. The lowest BCUT2D eigenvalue weighted by Crippen LogP contribution is -2.34. The fourth-order valence-electron chi connectivity index (χ4n) is 1.42. The van der Waals surface area contributed by atoms with Crippen molar-refractivity contribution in [1.82, 2.24) is 5.32 Å². The smallest absolute Gasteiger partial charge is 0.0627 e. The van der Waals surface area contributed by atoms with Gasteiger partial charge in [-0.2, -0.15) is 0 Å². The number of alkyl halides is 1. The molecule has 1 N–H and O–H groups in total. The molecule has 1 unspecified atom stereocenters. The summed E-state index contributed by atoms with van der Waals surface area (Å²) in [6, 6.07) is 8.56. The second-order valence-electron chi connectivity index (χ2n) is 3.61. The van der Waals surface area contributed by atoms with E-state index in [1.54, 1.807) is 7.11 Å². The van der Waals surface area contributed by atoms with Gasteiger partial charge in [0.25, 0.3) is 0 Å². The summed E-state index contributed by atoms with van der Waals surface area (Å²) in [7, 11) is 1.69. The molecule has 0 aromatic heterocycles. The fraction of sp³-hybridized carbons (Fsp3) is 0.500. The number of nitrogens with one attached hydrogen (secondary N) is 1. The Balaban J connectivity index is 2.45. The van der Waals surface area contributed by atoms with Gasteiger partial charge in [-0.3, -0.25) is 0 Å². The Labute approximate surface area is 96.6 Å². The van der Waals surface area contributed by atoms with Gasteiger partial charge in [-0.05, 0) is 18.1 Å². The van der Waals surface area contributed by atoms with Crippen LogP contribution in [0.1, 0.15) is 11.1 Å². The van der Waals surface area contributed by atoms with E-state index < -0.39 is 0 Å². The molecule has 1 rings (SSSR count). The molecule has 2 nitrogen and oxygen atoms in total. The molecule has 84 valence electrons. The van der Waals surface area contributed by atoms with E-state index in [4.69, 9.17) is 16.3 Å². The van der Waals surface area contributed by atoms with Crippen LogP contribution in [0.3, 0.4) is 0 Å². The van der Waals surface area contributed by atoms with Gasteiger partial charge >= 0.3 is 0 Å². The third-order valence-electron chi connectivity index (χ3n) is 2.40. The number of methoxy groups -OCH3 is 1. The summed E-state index contributed by atoms with van der Waals surface area (Å²) in [6.07, 6.45) is 0. The largest absolute Gasteiger partial charge is 0.383 e. The fourth-order valence-corrected chi connectivity index (χ4v) is 1.62. The first-order valence-electron chi connectivity index (χ1n) is 5.10. The molecule has 0 aliphatic heterocycles. The first-order valence-corrected chi connectivity index (χ1v) is 5.64. The minimum Gasteiger partial charge on any atom is -0.383 e. The van der Waals surface area contributed by atoms with Gasteiger partial charge in [0.1, 0.15) is 0 Å². The Morgan fingerprint density at radius 3 is 2.73 bits per heavy atom. The summed E-state index contributed by atoms with van der Waals surface area (Å²) in [5.41, 5.74) is 2.61. The lowest BCUT2D eigenvalue weighted by Gasteiger charge is -2.15. The molecule has 0 aliphatic rings. The normalized spacial score (nSPS) is 12.7. The van der Waals surface area contributed by atoms with Crippen LogP contribution in [-0.4, -0.2) is 25.6 Å². The molecule has 0 heterocycles. The Kier molecular flexibility index (Phi) is 5.69. The molecule has 0 aliphatic carbocycles. The van der Waals surface area contributed by atoms with E-state index in [0.29, 0.717) is 12.5 Å². The number of benzene rings is 1. The van der Waals surface area contributed by atoms with Gasteiger partial charge in [-0.1, -0.05) is 24.3 Å². The predicted octanol–water partition coefficient (Wildman–Crippen LogP) is 2.34. The molecule has 0 saturated carbocycles. The lowest BCUT2D eigenvalue weighted by molar-refractivity contribution is 0.172. The quantitative estimate of drug-likeness (QED) is 0.754. The van der Waals surface area contributed by atoms with Gasteiger partial charge in [0.15, 0.2) is 0 Å². The van der Waals surface area contributed by atoms with Crippen LogP contribution in [0.25, 0.3) is 0 Å². The number of hydrogen-bond donors (Lipinski definition) is 1. The third kappa shape index (κ3) is 4.20. The Morgan fingerprint density at radius 1 is 1.40 bits per heavy atom. The van der Waals surface area contributed by atoms with E-state index in [9.17, 15) is 0 Å². The second kappa shape index (κ2) is 6.83. The van der Waals surface area contributed by atoms with Gasteiger partial charge in [0, 0.05) is 25.6 Å². The van der Waals surface area contributed by atoms with E-state index in [1.807, 2.05) is 6.07 Å². The van der Waals surface area contributed by atoms with E-state index in [2.05, 4.69) is 30.4 Å². The van der Waals surface area contributed by atoms with Gasteiger partial charge in [0.05, 0.1) is 6.61 Å². The Morgan fingerprint density at radius 2 is 2.13 bits per heavy atom. The van der Waals surface area contributed by atoms with Crippen molar-refractivity contribution in [2.75, 3.05) is 19.6 Å². The maximum Gasteiger partial charge on any atom is 0.0627 e. The first kappa shape index (κ1) is 12.5. The monoisotopic (exact) mass is 227 g/mol. The Hall–Kier alpha value is -0.570. The molecular weight excluding hydrogens is 210 g/mol. The zero-order valence-electron chi connectivity index (χ0n) is 9.29. The number of ether oxygens (including phenoxy) is 1. The lowest BCUT2D eigenvalue weighted by atomic mass is 10.1. The SMILES string of the molecule is COCC(CCl)NCc1ccccc1C. The highest BCUT2D eigenvalue weighted by Gasteiger charge is 2.06. The summed E-state index contributed by atoms with van der Waals surface area (Å²) >= 11 is 5.81. The third-order valence-corrected chi connectivity index (χ3v) is 2.77. The van der Waals surface area contributed by atoms with Gasteiger partial charge in [0.2, 0.25) is 0 Å². The van der Waals surface area contributed by atoms with Crippen molar-refractivity contribution in [3.63, 3.8) is 0 Å². The maximum absolute atomic E-state index is 5.81. The number of hydrogen-bond acceptors (Lipinski definition) is 2. The van der Waals surface area contributed by atoms with Gasteiger partial charge in [-0.15, -0.1) is 11.6 Å². The van der Waals surface area contributed by atoms with Crippen LogP contribution in [0.15, 0.2) is 24.3 Å². The number of rotatable bonds is 6. The van der Waals surface area contributed by atoms with Crippen LogP contribution in [0.5, 0.6) is 0 Å². The van der Waals surface area contributed by atoms with Crippen LogP contribution >= 0.6 is 11.6 Å². The maximum atomic E-state index is 5.81. The van der Waals surface area contributed by atoms with Crippen LogP contribution in [0, 0.1) is 6.92 Å². The summed E-state index contributed by atoms with van der Waals surface area (Å²) < 4.78 is 5.07. The molecule has 1 aromatic rings. The summed E-state index contributed by atoms with van der Waals surface area (Å²) in [5, 5.41) is 3.37. The summed E-state index contributed by atoms with van der Waals surface area (Å²) in [4.78, 5) is 0. The van der Waals surface area contributed by atoms with Gasteiger partial charge < -0.3 is 10.1 Å². The standard InChI is InChI=1S/C12H18ClNO/c1-10-5-3-4-6-11(10)8-14-12(7-13)9-15-2/h3-6,12,14H,7-9H2,1-2H3. The van der Waals surface area contributed by atoms with Crippen molar-refractivity contribution in [3.05, 3.63) is 35.4 Å². The number of halogens is 1. The average Bonchev–Trinajstić information content (AvgIpc) is 2.26. The Bertz CT molecular complexity index is 291. The van der Waals surface area contributed by atoms with Crippen molar-refractivity contribution in [3.8, 4) is 0 Å². The topological polar surface area (TPSA) is 21.3 Å². The van der Waals surface area contributed by atoms with Crippen LogP contribution in [0.2, 0.25) is 0 Å². The predicted molar refractivity (Wildman–Crippen MR) is 64.4 cm³/mol. The molecule has 1 atom stereocenters. The summed E-state index contributed by atoms with van der Waals surface area (Å²) in [5.74, 6) is 0.569. The first-order chi connectivity index (χ1) is 7.27. The van der Waals surface area contributed by atoms with Crippen molar-refractivity contribution >= 4 is 11.6 Å². The molecule has 0 bridgehead atoms. The van der Waals surface area contributed by atoms with E-state index in [-0.39, 0.29) is 6.04 Å². The molecular formula is C12H18ClNO.